The fraction of sp³-hybridized carbons (Fsp3) is 0.333. The van der Waals surface area contributed by atoms with E-state index in [9.17, 15) is 14.7 Å². The Morgan fingerprint density at radius 1 is 0.963 bits per heavy atom. The van der Waals surface area contributed by atoms with Crippen molar-refractivity contribution in [3.63, 3.8) is 0 Å². The first-order chi connectivity index (χ1) is 13.1. The van der Waals surface area contributed by atoms with Gasteiger partial charge in [0.1, 0.15) is 11.5 Å². The van der Waals surface area contributed by atoms with Crippen molar-refractivity contribution in [2.45, 2.75) is 12.8 Å². The average molecular weight is 368 g/mol. The van der Waals surface area contributed by atoms with Crippen LogP contribution in [0.2, 0.25) is 0 Å². The molecule has 2 amide bonds. The largest absolute Gasteiger partial charge is 0.508 e. The quantitative estimate of drug-likeness (QED) is 0.879. The number of rotatable bonds is 5. The number of phenolic OH excluding ortho intramolecular Hbond substituents is 1. The first-order valence-electron chi connectivity index (χ1n) is 9.06. The summed E-state index contributed by atoms with van der Waals surface area (Å²) in [6.07, 6.45) is 0.862. The van der Waals surface area contributed by atoms with Gasteiger partial charge in [-0.1, -0.05) is 18.2 Å². The van der Waals surface area contributed by atoms with E-state index in [1.807, 2.05) is 12.1 Å². The summed E-state index contributed by atoms with van der Waals surface area (Å²) >= 11 is 0. The highest BCUT2D eigenvalue weighted by Gasteiger charge is 2.24. The summed E-state index contributed by atoms with van der Waals surface area (Å²) in [5.74, 6) is 0.959. The van der Waals surface area contributed by atoms with E-state index in [-0.39, 0.29) is 17.6 Å². The molecule has 1 aliphatic heterocycles. The molecule has 27 heavy (non-hydrogen) atoms. The summed E-state index contributed by atoms with van der Waals surface area (Å²) in [6.45, 7) is 2.10. The number of para-hydroxylation sites is 1. The Morgan fingerprint density at radius 3 is 2.22 bits per heavy atom. The maximum atomic E-state index is 12.6. The summed E-state index contributed by atoms with van der Waals surface area (Å²) in [5.41, 5.74) is 1.40. The van der Waals surface area contributed by atoms with Crippen molar-refractivity contribution in [2.75, 3.05) is 33.3 Å². The first-order valence-corrected chi connectivity index (χ1v) is 9.06. The minimum absolute atomic E-state index is 0.0287. The van der Waals surface area contributed by atoms with Crippen LogP contribution in [-0.2, 0) is 11.2 Å². The van der Waals surface area contributed by atoms with E-state index in [0.29, 0.717) is 50.3 Å². The zero-order valence-electron chi connectivity index (χ0n) is 15.4. The van der Waals surface area contributed by atoms with E-state index >= 15 is 0 Å². The number of aryl methyl sites for hydroxylation is 1. The van der Waals surface area contributed by atoms with Crippen LogP contribution in [0.25, 0.3) is 0 Å². The summed E-state index contributed by atoms with van der Waals surface area (Å²) in [7, 11) is 1.59. The highest BCUT2D eigenvalue weighted by atomic mass is 16.5. The van der Waals surface area contributed by atoms with Gasteiger partial charge in [0.15, 0.2) is 0 Å². The fourth-order valence-electron chi connectivity index (χ4n) is 3.20. The summed E-state index contributed by atoms with van der Waals surface area (Å²) < 4.78 is 5.11. The smallest absolute Gasteiger partial charge is 0.253 e. The molecule has 3 rings (SSSR count). The van der Waals surface area contributed by atoms with Crippen LogP contribution in [-0.4, -0.2) is 60.0 Å². The van der Waals surface area contributed by atoms with Gasteiger partial charge in [0, 0.05) is 38.2 Å². The van der Waals surface area contributed by atoms with E-state index in [1.165, 1.54) is 0 Å². The van der Waals surface area contributed by atoms with Gasteiger partial charge in [0.25, 0.3) is 5.91 Å². The number of phenols is 1. The summed E-state index contributed by atoms with van der Waals surface area (Å²) in [6, 6.07) is 14.1. The second kappa shape index (κ2) is 8.58. The summed E-state index contributed by atoms with van der Waals surface area (Å²) in [5, 5.41) is 9.79. The lowest BCUT2D eigenvalue weighted by Gasteiger charge is -2.35. The molecule has 2 aromatic rings. The predicted octanol–water partition coefficient (Wildman–Crippen LogP) is 2.32. The zero-order valence-corrected chi connectivity index (χ0v) is 15.4. The Labute approximate surface area is 159 Å². The number of piperazine rings is 1. The van der Waals surface area contributed by atoms with E-state index in [4.69, 9.17) is 4.74 Å². The molecule has 0 spiro atoms. The Bertz CT molecular complexity index is 796. The van der Waals surface area contributed by atoms with Crippen LogP contribution >= 0.6 is 0 Å². The lowest BCUT2D eigenvalue weighted by atomic mass is 10.1. The lowest BCUT2D eigenvalue weighted by Crippen LogP contribution is -2.50. The highest BCUT2D eigenvalue weighted by molar-refractivity contribution is 5.94. The fourth-order valence-corrected chi connectivity index (χ4v) is 3.20. The van der Waals surface area contributed by atoms with Gasteiger partial charge in [-0.3, -0.25) is 9.59 Å². The molecular weight excluding hydrogens is 344 g/mol. The number of benzene rings is 2. The van der Waals surface area contributed by atoms with Crippen LogP contribution < -0.4 is 4.74 Å². The van der Waals surface area contributed by atoms with Crippen molar-refractivity contribution in [2.24, 2.45) is 0 Å². The SMILES string of the molecule is COc1ccc(C(=O)N2CCN(C(=O)CCc3ccccc3O)CC2)cc1. The van der Waals surface area contributed by atoms with Crippen molar-refractivity contribution in [3.05, 3.63) is 59.7 Å². The molecule has 142 valence electrons. The van der Waals surface area contributed by atoms with E-state index < -0.39 is 0 Å². The number of carbonyl (C=O) groups is 2. The molecule has 6 heteroatoms. The average Bonchev–Trinajstić information content (AvgIpc) is 2.72. The molecule has 0 atom stereocenters. The molecule has 1 saturated heterocycles. The van der Waals surface area contributed by atoms with Crippen LogP contribution in [0.15, 0.2) is 48.5 Å². The summed E-state index contributed by atoms with van der Waals surface area (Å²) in [4.78, 5) is 28.6. The molecule has 0 aliphatic carbocycles. The molecule has 1 heterocycles. The van der Waals surface area contributed by atoms with Gasteiger partial charge >= 0.3 is 0 Å². The molecule has 2 aromatic carbocycles. The Hall–Kier alpha value is -3.02. The molecule has 0 bridgehead atoms. The Morgan fingerprint density at radius 2 is 1.59 bits per heavy atom. The second-order valence-electron chi connectivity index (χ2n) is 6.53. The number of methoxy groups -OCH3 is 1. The van der Waals surface area contributed by atoms with E-state index in [2.05, 4.69) is 0 Å². The van der Waals surface area contributed by atoms with Crippen molar-refractivity contribution in [1.82, 2.24) is 9.80 Å². The van der Waals surface area contributed by atoms with E-state index in [1.54, 1.807) is 53.3 Å². The van der Waals surface area contributed by atoms with Gasteiger partial charge in [-0.25, -0.2) is 0 Å². The van der Waals surface area contributed by atoms with Crippen LogP contribution in [0.4, 0.5) is 0 Å². The van der Waals surface area contributed by atoms with Crippen LogP contribution in [0.5, 0.6) is 11.5 Å². The normalized spacial score (nSPS) is 14.1. The van der Waals surface area contributed by atoms with Gasteiger partial charge in [-0.15, -0.1) is 0 Å². The highest BCUT2D eigenvalue weighted by Crippen LogP contribution is 2.18. The van der Waals surface area contributed by atoms with Gasteiger partial charge in [0.2, 0.25) is 5.91 Å². The van der Waals surface area contributed by atoms with Crippen molar-refractivity contribution in [3.8, 4) is 11.5 Å². The second-order valence-corrected chi connectivity index (χ2v) is 6.53. The maximum absolute atomic E-state index is 12.6. The zero-order chi connectivity index (χ0) is 19.2. The van der Waals surface area contributed by atoms with Crippen molar-refractivity contribution >= 4 is 11.8 Å². The van der Waals surface area contributed by atoms with Crippen LogP contribution in [0.3, 0.4) is 0 Å². The Kier molecular flexibility index (Phi) is 5.96. The number of carbonyl (C=O) groups excluding carboxylic acids is 2. The topological polar surface area (TPSA) is 70.1 Å². The standard InChI is InChI=1S/C21H24N2O4/c1-27-18-9-6-17(7-10-18)21(26)23-14-12-22(13-15-23)20(25)11-8-16-4-2-3-5-19(16)24/h2-7,9-10,24H,8,11-15H2,1H3. The molecule has 1 fully saturated rings. The molecule has 0 saturated carbocycles. The number of hydrogen-bond donors (Lipinski definition) is 1. The van der Waals surface area contributed by atoms with Gasteiger partial charge in [0.05, 0.1) is 7.11 Å². The minimum Gasteiger partial charge on any atom is -0.508 e. The number of aromatic hydroxyl groups is 1. The number of hydrogen-bond acceptors (Lipinski definition) is 4. The molecule has 1 aliphatic rings. The van der Waals surface area contributed by atoms with Crippen molar-refractivity contribution in [1.29, 1.82) is 0 Å². The van der Waals surface area contributed by atoms with Crippen molar-refractivity contribution < 1.29 is 19.4 Å². The maximum Gasteiger partial charge on any atom is 0.253 e. The van der Waals surface area contributed by atoms with Gasteiger partial charge in [-0.2, -0.15) is 0 Å². The van der Waals surface area contributed by atoms with Gasteiger partial charge in [-0.05, 0) is 42.3 Å². The van der Waals surface area contributed by atoms with Gasteiger partial charge < -0.3 is 19.6 Å². The molecular formula is C21H24N2O4. The third kappa shape index (κ3) is 4.58. The number of nitrogens with zero attached hydrogens (tertiary/aromatic N) is 2. The first kappa shape index (κ1) is 18.8. The Balaban J connectivity index is 1.49. The molecule has 1 N–H and O–H groups in total. The van der Waals surface area contributed by atoms with Crippen LogP contribution in [0, 0.1) is 0 Å². The predicted molar refractivity (Wildman–Crippen MR) is 102 cm³/mol. The molecule has 0 unspecified atom stereocenters. The number of ether oxygens (including phenoxy) is 1. The van der Waals surface area contributed by atoms with E-state index in [0.717, 1.165) is 5.56 Å². The molecule has 0 radical (unpaired) electrons. The van der Waals surface area contributed by atoms with Crippen LogP contribution in [0.1, 0.15) is 22.3 Å². The monoisotopic (exact) mass is 368 g/mol. The third-order valence-electron chi connectivity index (χ3n) is 4.86. The molecule has 0 aromatic heterocycles. The third-order valence-corrected chi connectivity index (χ3v) is 4.86. The molecule has 6 nitrogen and oxygen atoms in total. The number of amides is 2. The lowest BCUT2D eigenvalue weighted by molar-refractivity contribution is -0.132. The minimum atomic E-state index is -0.0287.